The van der Waals surface area contributed by atoms with Gasteiger partial charge in [-0.15, -0.1) is 0 Å². The fourth-order valence-corrected chi connectivity index (χ4v) is 2.06. The van der Waals surface area contributed by atoms with Gasteiger partial charge in [0.25, 0.3) is 0 Å². The highest BCUT2D eigenvalue weighted by Crippen LogP contribution is 2.20. The Morgan fingerprint density at radius 2 is 2.10 bits per heavy atom. The van der Waals surface area contributed by atoms with Crippen LogP contribution in [0, 0.1) is 25.2 Å². The molecule has 4 heteroatoms. The second-order valence-electron chi connectivity index (χ2n) is 4.60. The quantitative estimate of drug-likeness (QED) is 0.924. The zero-order valence-electron chi connectivity index (χ0n) is 11.9. The van der Waals surface area contributed by atoms with E-state index in [-0.39, 0.29) is 0 Å². The van der Waals surface area contributed by atoms with Crippen molar-refractivity contribution in [2.24, 2.45) is 0 Å². The molecule has 0 saturated heterocycles. The number of aromatic nitrogens is 1. The third-order valence-electron chi connectivity index (χ3n) is 3.06. The van der Waals surface area contributed by atoms with Gasteiger partial charge in [0.15, 0.2) is 0 Å². The second kappa shape index (κ2) is 6.07. The molecule has 0 fully saturated rings. The molecule has 4 nitrogen and oxygen atoms in total. The minimum atomic E-state index is 0.552. The maximum Gasteiger partial charge on any atom is 0.122 e. The van der Waals surface area contributed by atoms with Crippen LogP contribution in [0.3, 0.4) is 0 Å². The summed E-state index contributed by atoms with van der Waals surface area (Å²) in [6.45, 7) is 4.41. The van der Waals surface area contributed by atoms with Gasteiger partial charge in [-0.25, -0.2) is 0 Å². The van der Waals surface area contributed by atoms with Gasteiger partial charge in [0.1, 0.15) is 11.8 Å². The van der Waals surface area contributed by atoms with Crippen LogP contribution in [0.25, 0.3) is 0 Å². The fourth-order valence-electron chi connectivity index (χ4n) is 2.06. The van der Waals surface area contributed by atoms with Crippen LogP contribution < -0.4 is 10.1 Å². The Balaban J connectivity index is 2.19. The van der Waals surface area contributed by atoms with E-state index in [1.807, 2.05) is 44.2 Å². The molecule has 1 aromatic carbocycles. The summed E-state index contributed by atoms with van der Waals surface area (Å²) in [7, 11) is 1.64. The van der Waals surface area contributed by atoms with Crippen molar-refractivity contribution in [1.29, 1.82) is 5.26 Å². The molecule has 0 aliphatic rings. The van der Waals surface area contributed by atoms with Crippen molar-refractivity contribution in [3.8, 4) is 11.8 Å². The summed E-state index contributed by atoms with van der Waals surface area (Å²) in [5.74, 6) is 0.791. The van der Waals surface area contributed by atoms with Crippen molar-refractivity contribution in [2.45, 2.75) is 20.4 Å². The molecule has 0 atom stereocenters. The van der Waals surface area contributed by atoms with Gasteiger partial charge in [0.05, 0.1) is 30.6 Å². The van der Waals surface area contributed by atoms with Crippen LogP contribution in [-0.4, -0.2) is 12.1 Å². The number of aryl methyl sites for hydroxylation is 2. The number of hydrogen-bond acceptors (Lipinski definition) is 4. The lowest BCUT2D eigenvalue weighted by Gasteiger charge is -2.11. The van der Waals surface area contributed by atoms with E-state index in [0.29, 0.717) is 12.1 Å². The standard InChI is InChI=1S/C16H17N3O/c1-11-5-4-6-16(15(11)9-17)18-10-13-8-14(20-3)7-12(2)19-13/h4-8,18H,10H2,1-3H3. The molecular weight excluding hydrogens is 250 g/mol. The number of methoxy groups -OCH3 is 1. The zero-order valence-corrected chi connectivity index (χ0v) is 11.9. The smallest absolute Gasteiger partial charge is 0.122 e. The molecule has 2 aromatic rings. The van der Waals surface area contributed by atoms with Gasteiger partial charge in [-0.2, -0.15) is 5.26 Å². The molecule has 20 heavy (non-hydrogen) atoms. The normalized spacial score (nSPS) is 9.90. The fraction of sp³-hybridized carbons (Fsp3) is 0.250. The Bertz CT molecular complexity index is 659. The van der Waals surface area contributed by atoms with E-state index in [0.717, 1.165) is 28.4 Å². The molecule has 0 bridgehead atoms. The van der Waals surface area contributed by atoms with Crippen LogP contribution in [0.5, 0.6) is 5.75 Å². The lowest BCUT2D eigenvalue weighted by Crippen LogP contribution is -2.05. The molecule has 102 valence electrons. The molecule has 0 radical (unpaired) electrons. The predicted molar refractivity (Wildman–Crippen MR) is 78.7 cm³/mol. The summed E-state index contributed by atoms with van der Waals surface area (Å²) in [5.41, 5.74) is 4.26. The zero-order chi connectivity index (χ0) is 14.5. The van der Waals surface area contributed by atoms with E-state index >= 15 is 0 Å². The van der Waals surface area contributed by atoms with Gasteiger partial charge in [-0.05, 0) is 25.5 Å². The number of pyridine rings is 1. The van der Waals surface area contributed by atoms with E-state index in [4.69, 9.17) is 4.74 Å². The maximum absolute atomic E-state index is 9.20. The first-order chi connectivity index (χ1) is 9.63. The summed E-state index contributed by atoms with van der Waals surface area (Å²) in [6.07, 6.45) is 0. The molecule has 0 aliphatic heterocycles. The van der Waals surface area contributed by atoms with Crippen LogP contribution in [-0.2, 0) is 6.54 Å². The monoisotopic (exact) mass is 267 g/mol. The Hall–Kier alpha value is -2.54. The third kappa shape index (κ3) is 3.07. The van der Waals surface area contributed by atoms with Gasteiger partial charge >= 0.3 is 0 Å². The molecular formula is C16H17N3O. The largest absolute Gasteiger partial charge is 0.497 e. The summed E-state index contributed by atoms with van der Waals surface area (Å²) >= 11 is 0. The van der Waals surface area contributed by atoms with Gasteiger partial charge < -0.3 is 10.1 Å². The number of nitrogens with zero attached hydrogens (tertiary/aromatic N) is 2. The second-order valence-corrected chi connectivity index (χ2v) is 4.60. The molecule has 1 aromatic heterocycles. The van der Waals surface area contributed by atoms with E-state index in [1.54, 1.807) is 7.11 Å². The molecule has 2 rings (SSSR count). The Labute approximate surface area is 119 Å². The van der Waals surface area contributed by atoms with Crippen molar-refractivity contribution in [2.75, 3.05) is 12.4 Å². The molecule has 0 spiro atoms. The first-order valence-corrected chi connectivity index (χ1v) is 6.39. The van der Waals surface area contributed by atoms with E-state index in [1.165, 1.54) is 0 Å². The Kier molecular flexibility index (Phi) is 4.21. The number of anilines is 1. The number of hydrogen-bond donors (Lipinski definition) is 1. The molecule has 0 unspecified atom stereocenters. The summed E-state index contributed by atoms with van der Waals surface area (Å²) in [4.78, 5) is 4.45. The first kappa shape index (κ1) is 13.9. The Morgan fingerprint density at radius 1 is 1.30 bits per heavy atom. The van der Waals surface area contributed by atoms with Gasteiger partial charge in [0, 0.05) is 17.8 Å². The van der Waals surface area contributed by atoms with Crippen LogP contribution >= 0.6 is 0 Å². The van der Waals surface area contributed by atoms with Crippen molar-refractivity contribution < 1.29 is 4.74 Å². The molecule has 0 amide bonds. The third-order valence-corrected chi connectivity index (χ3v) is 3.06. The average molecular weight is 267 g/mol. The highest BCUT2D eigenvalue weighted by Gasteiger charge is 2.06. The molecule has 1 heterocycles. The molecule has 0 aliphatic carbocycles. The maximum atomic E-state index is 9.20. The van der Waals surface area contributed by atoms with E-state index in [9.17, 15) is 5.26 Å². The van der Waals surface area contributed by atoms with Crippen molar-refractivity contribution in [3.63, 3.8) is 0 Å². The van der Waals surface area contributed by atoms with Gasteiger partial charge in [0.2, 0.25) is 0 Å². The number of nitrogens with one attached hydrogen (secondary N) is 1. The van der Waals surface area contributed by atoms with Gasteiger partial charge in [-0.1, -0.05) is 12.1 Å². The lowest BCUT2D eigenvalue weighted by molar-refractivity contribution is 0.413. The van der Waals surface area contributed by atoms with Crippen molar-refractivity contribution in [3.05, 3.63) is 52.8 Å². The highest BCUT2D eigenvalue weighted by atomic mass is 16.5. The van der Waals surface area contributed by atoms with Crippen molar-refractivity contribution in [1.82, 2.24) is 4.98 Å². The summed E-state index contributed by atoms with van der Waals surface area (Å²) in [6, 6.07) is 11.8. The number of ether oxygens (including phenoxy) is 1. The molecule has 0 saturated carbocycles. The van der Waals surface area contributed by atoms with E-state index < -0.39 is 0 Å². The predicted octanol–water partition coefficient (Wildman–Crippen LogP) is 3.19. The SMILES string of the molecule is COc1cc(C)nc(CNc2cccc(C)c2C#N)c1. The van der Waals surface area contributed by atoms with Crippen LogP contribution in [0.2, 0.25) is 0 Å². The highest BCUT2D eigenvalue weighted by molar-refractivity contribution is 5.60. The lowest BCUT2D eigenvalue weighted by atomic mass is 10.1. The van der Waals surface area contributed by atoms with E-state index in [2.05, 4.69) is 16.4 Å². The minimum Gasteiger partial charge on any atom is -0.497 e. The minimum absolute atomic E-state index is 0.552. The topological polar surface area (TPSA) is 57.9 Å². The average Bonchev–Trinajstić information content (AvgIpc) is 2.44. The van der Waals surface area contributed by atoms with Crippen LogP contribution in [0.4, 0.5) is 5.69 Å². The van der Waals surface area contributed by atoms with Gasteiger partial charge in [-0.3, -0.25) is 4.98 Å². The number of nitriles is 1. The Morgan fingerprint density at radius 3 is 2.80 bits per heavy atom. The summed E-state index contributed by atoms with van der Waals surface area (Å²) < 4.78 is 5.23. The molecule has 1 N–H and O–H groups in total. The number of benzene rings is 1. The first-order valence-electron chi connectivity index (χ1n) is 6.39. The number of rotatable bonds is 4. The van der Waals surface area contributed by atoms with Crippen LogP contribution in [0.15, 0.2) is 30.3 Å². The summed E-state index contributed by atoms with van der Waals surface area (Å²) in [5, 5.41) is 12.5. The van der Waals surface area contributed by atoms with Crippen molar-refractivity contribution >= 4 is 5.69 Å². The van der Waals surface area contributed by atoms with Crippen LogP contribution in [0.1, 0.15) is 22.5 Å².